The van der Waals surface area contributed by atoms with Crippen LogP contribution < -0.4 is 0 Å². The Morgan fingerprint density at radius 2 is 1.35 bits per heavy atom. The number of aryl methyl sites for hydroxylation is 1. The van der Waals surface area contributed by atoms with E-state index in [9.17, 15) is 23.5 Å². The number of rotatable bonds is 0. The molecule has 0 saturated carbocycles. The van der Waals surface area contributed by atoms with Gasteiger partial charge in [0, 0.05) is 0 Å². The van der Waals surface area contributed by atoms with Gasteiger partial charge < -0.3 is 5.11 Å². The fourth-order valence-electron chi connectivity index (χ4n) is 2.37. The van der Waals surface area contributed by atoms with Crippen LogP contribution in [0.25, 0.3) is 11.1 Å². The lowest BCUT2D eigenvalue weighted by molar-refractivity contribution is 0.0809. The number of Topliss-reactive ketones (excluding diaryl/α,β-unsaturated/α-hetero) is 2. The minimum atomic E-state index is -1.16. The molecule has 0 saturated heterocycles. The van der Waals surface area contributed by atoms with Crippen molar-refractivity contribution in [3.05, 3.63) is 52.6 Å². The Morgan fingerprint density at radius 1 is 0.850 bits per heavy atom. The smallest absolute Gasteiger partial charge is 0.237 e. The summed E-state index contributed by atoms with van der Waals surface area (Å²) in [5, 5.41) is 9.31. The maximum absolute atomic E-state index is 14.1. The lowest BCUT2D eigenvalue weighted by Crippen LogP contribution is -2.24. The van der Waals surface area contributed by atoms with Gasteiger partial charge in [-0.1, -0.05) is 12.1 Å². The number of hydrogen-bond donors (Lipinski definition) is 1. The summed E-state index contributed by atoms with van der Waals surface area (Å²) in [5.74, 6) is -4.91. The standard InChI is InChI=1S/C15H8F2O3/c1-6-2-3-7-8-4-5-9(18)13(17)11(8)15(20)14(19)10(7)12(6)16/h2-5,18H,1H3. The van der Waals surface area contributed by atoms with Gasteiger partial charge in [-0.2, -0.15) is 0 Å². The van der Waals surface area contributed by atoms with Gasteiger partial charge in [0.1, 0.15) is 5.82 Å². The van der Waals surface area contributed by atoms with Gasteiger partial charge in [0.25, 0.3) is 0 Å². The largest absolute Gasteiger partial charge is 0.505 e. The van der Waals surface area contributed by atoms with Crippen LogP contribution in [0, 0.1) is 18.6 Å². The third-order valence-electron chi connectivity index (χ3n) is 3.41. The molecule has 20 heavy (non-hydrogen) atoms. The van der Waals surface area contributed by atoms with Crippen LogP contribution in [0.15, 0.2) is 24.3 Å². The van der Waals surface area contributed by atoms with Crippen LogP contribution in [-0.2, 0) is 0 Å². The zero-order valence-electron chi connectivity index (χ0n) is 10.3. The number of carbonyl (C=O) groups excluding carboxylic acids is 2. The van der Waals surface area contributed by atoms with E-state index in [0.717, 1.165) is 6.07 Å². The van der Waals surface area contributed by atoms with E-state index in [0.29, 0.717) is 0 Å². The first-order chi connectivity index (χ1) is 9.43. The Labute approximate surface area is 112 Å². The number of benzene rings is 2. The highest BCUT2D eigenvalue weighted by Gasteiger charge is 2.36. The molecule has 3 rings (SSSR count). The number of carbonyl (C=O) groups is 2. The molecule has 3 nitrogen and oxygen atoms in total. The summed E-state index contributed by atoms with van der Waals surface area (Å²) in [6.45, 7) is 1.47. The summed E-state index contributed by atoms with van der Waals surface area (Å²) in [7, 11) is 0. The molecule has 0 unspecified atom stereocenters. The van der Waals surface area contributed by atoms with E-state index in [1.807, 2.05) is 0 Å². The number of fused-ring (bicyclic) bond motifs is 3. The fraction of sp³-hybridized carbons (Fsp3) is 0.0667. The van der Waals surface area contributed by atoms with Gasteiger partial charge in [-0.15, -0.1) is 0 Å². The second-order valence-corrected chi connectivity index (χ2v) is 4.60. The van der Waals surface area contributed by atoms with Crippen molar-refractivity contribution in [2.75, 3.05) is 0 Å². The van der Waals surface area contributed by atoms with Crippen LogP contribution in [0.5, 0.6) is 5.75 Å². The van der Waals surface area contributed by atoms with Gasteiger partial charge in [0.15, 0.2) is 11.6 Å². The highest BCUT2D eigenvalue weighted by atomic mass is 19.1. The van der Waals surface area contributed by atoms with E-state index in [-0.39, 0.29) is 22.3 Å². The summed E-state index contributed by atoms with van der Waals surface area (Å²) in [6.07, 6.45) is 0. The molecule has 0 bridgehead atoms. The molecule has 0 aliphatic heterocycles. The molecule has 0 heterocycles. The van der Waals surface area contributed by atoms with Gasteiger partial charge in [-0.3, -0.25) is 9.59 Å². The molecule has 0 radical (unpaired) electrons. The van der Waals surface area contributed by atoms with Gasteiger partial charge in [0.2, 0.25) is 11.6 Å². The lowest BCUT2D eigenvalue weighted by atomic mass is 9.82. The van der Waals surface area contributed by atoms with Crippen molar-refractivity contribution in [1.82, 2.24) is 0 Å². The SMILES string of the molecule is Cc1ccc2c(c1F)C(=O)C(=O)c1c-2ccc(O)c1F. The summed E-state index contributed by atoms with van der Waals surface area (Å²) >= 11 is 0. The summed E-state index contributed by atoms with van der Waals surface area (Å²) < 4.78 is 27.9. The Bertz CT molecular complexity index is 727. The minimum absolute atomic E-state index is 0.110. The minimum Gasteiger partial charge on any atom is -0.505 e. The number of hydrogen-bond acceptors (Lipinski definition) is 3. The number of ketones is 2. The molecule has 0 aromatic heterocycles. The van der Waals surface area contributed by atoms with Crippen LogP contribution in [0.2, 0.25) is 0 Å². The molecule has 1 aliphatic rings. The highest BCUT2D eigenvalue weighted by molar-refractivity contribution is 6.53. The monoisotopic (exact) mass is 274 g/mol. The molecular weight excluding hydrogens is 266 g/mol. The molecule has 2 aromatic rings. The van der Waals surface area contributed by atoms with E-state index < -0.39 is 34.5 Å². The summed E-state index contributed by atoms with van der Waals surface area (Å²) in [4.78, 5) is 23.9. The first-order valence-corrected chi connectivity index (χ1v) is 5.83. The zero-order valence-corrected chi connectivity index (χ0v) is 10.3. The number of phenolic OH excluding ortho intramolecular Hbond substituents is 1. The second kappa shape index (κ2) is 3.96. The predicted molar refractivity (Wildman–Crippen MR) is 66.9 cm³/mol. The van der Waals surface area contributed by atoms with Crippen LogP contribution in [0.4, 0.5) is 8.78 Å². The normalized spacial score (nSPS) is 13.2. The lowest BCUT2D eigenvalue weighted by Gasteiger charge is -2.19. The first kappa shape index (κ1) is 12.5. The highest BCUT2D eigenvalue weighted by Crippen LogP contribution is 2.38. The van der Waals surface area contributed by atoms with Crippen LogP contribution >= 0.6 is 0 Å². The Morgan fingerprint density at radius 3 is 1.95 bits per heavy atom. The van der Waals surface area contributed by atoms with Crippen molar-refractivity contribution in [1.29, 1.82) is 0 Å². The second-order valence-electron chi connectivity index (χ2n) is 4.60. The van der Waals surface area contributed by atoms with E-state index in [1.165, 1.54) is 25.1 Å². The molecule has 0 amide bonds. The average molecular weight is 274 g/mol. The Hall–Kier alpha value is -2.56. The van der Waals surface area contributed by atoms with Crippen molar-refractivity contribution in [2.24, 2.45) is 0 Å². The summed E-state index contributed by atoms with van der Waals surface area (Å²) in [5.41, 5.74) is -0.351. The van der Waals surface area contributed by atoms with Crippen molar-refractivity contribution in [3.63, 3.8) is 0 Å². The predicted octanol–water partition coefficient (Wildman–Crippen LogP) is 3.02. The Kier molecular flexibility index (Phi) is 2.47. The third kappa shape index (κ3) is 1.43. The first-order valence-electron chi connectivity index (χ1n) is 5.83. The maximum atomic E-state index is 14.1. The van der Waals surface area contributed by atoms with Crippen LogP contribution in [-0.4, -0.2) is 16.7 Å². The van der Waals surface area contributed by atoms with Crippen molar-refractivity contribution in [2.45, 2.75) is 6.92 Å². The topological polar surface area (TPSA) is 54.4 Å². The molecule has 0 atom stereocenters. The molecule has 1 aliphatic carbocycles. The van der Waals surface area contributed by atoms with Gasteiger partial charge in [-0.25, -0.2) is 8.78 Å². The van der Waals surface area contributed by atoms with Crippen LogP contribution in [0.3, 0.4) is 0 Å². The maximum Gasteiger partial charge on any atom is 0.237 e. The van der Waals surface area contributed by atoms with Crippen LogP contribution in [0.1, 0.15) is 26.3 Å². The molecule has 0 fully saturated rings. The number of phenols is 1. The van der Waals surface area contributed by atoms with Crippen molar-refractivity contribution >= 4 is 11.6 Å². The van der Waals surface area contributed by atoms with Crippen molar-refractivity contribution < 1.29 is 23.5 Å². The molecule has 2 aromatic carbocycles. The Balaban J connectivity index is 2.46. The molecule has 1 N–H and O–H groups in total. The molecular formula is C15H8F2O3. The van der Waals surface area contributed by atoms with E-state index in [2.05, 4.69) is 0 Å². The number of aromatic hydroxyl groups is 1. The van der Waals surface area contributed by atoms with Gasteiger partial charge in [0.05, 0.1) is 11.1 Å². The van der Waals surface area contributed by atoms with E-state index >= 15 is 0 Å². The third-order valence-corrected chi connectivity index (χ3v) is 3.41. The zero-order chi connectivity index (χ0) is 14.6. The molecule has 100 valence electrons. The quantitative estimate of drug-likeness (QED) is 0.751. The van der Waals surface area contributed by atoms with E-state index in [1.54, 1.807) is 0 Å². The molecule has 5 heteroatoms. The number of halogens is 2. The van der Waals surface area contributed by atoms with Gasteiger partial charge in [-0.05, 0) is 35.7 Å². The van der Waals surface area contributed by atoms with E-state index in [4.69, 9.17) is 0 Å². The fourth-order valence-corrected chi connectivity index (χ4v) is 2.37. The van der Waals surface area contributed by atoms with Crippen molar-refractivity contribution in [3.8, 4) is 16.9 Å². The average Bonchev–Trinajstić information content (AvgIpc) is 2.42. The summed E-state index contributed by atoms with van der Waals surface area (Å²) in [6, 6.07) is 5.28. The molecule has 0 spiro atoms. The van der Waals surface area contributed by atoms with Gasteiger partial charge >= 0.3 is 0 Å².